The van der Waals surface area contributed by atoms with E-state index in [2.05, 4.69) is 0 Å². The summed E-state index contributed by atoms with van der Waals surface area (Å²) in [5.41, 5.74) is 0.589. The number of aryl methyl sites for hydroxylation is 1. The molecule has 0 saturated heterocycles. The molecule has 14 heavy (non-hydrogen) atoms. The molecule has 0 atom stereocenters. The Morgan fingerprint density at radius 3 is 2.57 bits per heavy atom. The highest BCUT2D eigenvalue weighted by Crippen LogP contribution is 2.34. The average Bonchev–Trinajstić information content (AvgIpc) is 2.15. The highest BCUT2D eigenvalue weighted by atomic mass is 19.3. The first-order valence-corrected chi connectivity index (χ1v) is 4.39. The van der Waals surface area contributed by atoms with E-state index in [-0.39, 0.29) is 12.0 Å². The predicted molar refractivity (Wildman–Crippen MR) is 49.9 cm³/mol. The van der Waals surface area contributed by atoms with Crippen LogP contribution in [0.15, 0.2) is 24.3 Å². The van der Waals surface area contributed by atoms with Crippen molar-refractivity contribution in [3.05, 3.63) is 35.4 Å². The summed E-state index contributed by atoms with van der Waals surface area (Å²) in [5.74, 6) is -2.89. The Morgan fingerprint density at radius 1 is 1.36 bits per heavy atom. The van der Waals surface area contributed by atoms with Gasteiger partial charge in [0.1, 0.15) is 0 Å². The first kappa shape index (κ1) is 10.6. The highest BCUT2D eigenvalue weighted by molar-refractivity contribution is 5.29. The second-order valence-electron chi connectivity index (χ2n) is 3.18. The molecule has 0 aromatic heterocycles. The summed E-state index contributed by atoms with van der Waals surface area (Å²) in [5, 5.41) is 8.26. The summed E-state index contributed by atoms with van der Waals surface area (Å²) in [6.07, 6.45) is -0.532. The molecule has 0 heterocycles. The zero-order valence-corrected chi connectivity index (χ0v) is 7.93. The first-order chi connectivity index (χ1) is 6.58. The molecule has 0 aliphatic rings. The van der Waals surface area contributed by atoms with Crippen LogP contribution in [-0.4, -0.2) is 0 Å². The molecule has 0 aliphatic carbocycles. The molecule has 3 heteroatoms. The van der Waals surface area contributed by atoms with Gasteiger partial charge in [-0.05, 0) is 12.5 Å². The Balaban J connectivity index is 2.92. The summed E-state index contributed by atoms with van der Waals surface area (Å²) in [6.45, 7) is 1.65. The molecule has 0 aliphatic heterocycles. The van der Waals surface area contributed by atoms with Crippen molar-refractivity contribution in [2.75, 3.05) is 0 Å². The fraction of sp³-hybridized carbons (Fsp3) is 0.364. The lowest BCUT2D eigenvalue weighted by molar-refractivity contribution is -0.0125. The van der Waals surface area contributed by atoms with Crippen LogP contribution >= 0.6 is 0 Å². The van der Waals surface area contributed by atoms with E-state index in [1.165, 1.54) is 6.07 Å². The third-order valence-corrected chi connectivity index (χ3v) is 2.09. The van der Waals surface area contributed by atoms with Gasteiger partial charge in [-0.1, -0.05) is 24.3 Å². The van der Waals surface area contributed by atoms with Gasteiger partial charge < -0.3 is 0 Å². The van der Waals surface area contributed by atoms with Crippen LogP contribution in [0.4, 0.5) is 8.78 Å². The molecule has 1 nitrogen and oxygen atoms in total. The van der Waals surface area contributed by atoms with Gasteiger partial charge in [0.05, 0.1) is 6.07 Å². The maximum absolute atomic E-state index is 13.5. The molecule has 1 aromatic rings. The van der Waals surface area contributed by atoms with Gasteiger partial charge in [-0.3, -0.25) is 0 Å². The molecule has 0 saturated carbocycles. The van der Waals surface area contributed by atoms with Gasteiger partial charge in [-0.25, -0.2) is 8.78 Å². The zero-order chi connectivity index (χ0) is 10.6. The number of nitrogens with zero attached hydrogens (tertiary/aromatic N) is 1. The maximum Gasteiger partial charge on any atom is 0.274 e. The summed E-state index contributed by atoms with van der Waals surface area (Å²) < 4.78 is 26.9. The van der Waals surface area contributed by atoms with Crippen LogP contribution in [0.5, 0.6) is 0 Å². The predicted octanol–water partition coefficient (Wildman–Crippen LogP) is 3.39. The molecule has 1 rings (SSSR count). The van der Waals surface area contributed by atoms with Crippen LogP contribution in [0, 0.1) is 18.3 Å². The van der Waals surface area contributed by atoms with Crippen LogP contribution in [0.25, 0.3) is 0 Å². The molecule has 0 amide bonds. The number of rotatable bonds is 3. The average molecular weight is 195 g/mol. The second-order valence-corrected chi connectivity index (χ2v) is 3.18. The Labute approximate surface area is 82.0 Å². The fourth-order valence-corrected chi connectivity index (χ4v) is 1.33. The number of hydrogen-bond acceptors (Lipinski definition) is 1. The maximum atomic E-state index is 13.5. The lowest BCUT2D eigenvalue weighted by atomic mass is 9.99. The Morgan fingerprint density at radius 2 is 2.00 bits per heavy atom. The van der Waals surface area contributed by atoms with Crippen LogP contribution in [0.2, 0.25) is 0 Å². The van der Waals surface area contributed by atoms with Gasteiger partial charge in [-0.2, -0.15) is 5.26 Å². The van der Waals surface area contributed by atoms with E-state index in [1.807, 2.05) is 0 Å². The van der Waals surface area contributed by atoms with Crippen LogP contribution in [-0.2, 0) is 5.92 Å². The van der Waals surface area contributed by atoms with Gasteiger partial charge in [0.2, 0.25) is 0 Å². The van der Waals surface area contributed by atoms with Gasteiger partial charge >= 0.3 is 0 Å². The summed E-state index contributed by atoms with van der Waals surface area (Å²) >= 11 is 0. The van der Waals surface area contributed by atoms with Crippen molar-refractivity contribution in [3.63, 3.8) is 0 Å². The molecule has 0 bridgehead atoms. The number of halogens is 2. The molecular weight excluding hydrogens is 184 g/mol. The zero-order valence-electron chi connectivity index (χ0n) is 7.93. The minimum atomic E-state index is -2.89. The van der Waals surface area contributed by atoms with E-state index in [1.54, 1.807) is 31.2 Å². The Hall–Kier alpha value is -1.43. The topological polar surface area (TPSA) is 23.8 Å². The number of nitriles is 1. The number of alkyl halides is 2. The normalized spacial score (nSPS) is 11.0. The van der Waals surface area contributed by atoms with Crippen molar-refractivity contribution in [2.24, 2.45) is 0 Å². The molecule has 74 valence electrons. The van der Waals surface area contributed by atoms with E-state index in [0.29, 0.717) is 5.56 Å². The van der Waals surface area contributed by atoms with Gasteiger partial charge in [0, 0.05) is 18.4 Å². The molecule has 0 spiro atoms. The fourth-order valence-electron chi connectivity index (χ4n) is 1.33. The van der Waals surface area contributed by atoms with E-state index >= 15 is 0 Å². The monoisotopic (exact) mass is 195 g/mol. The molecule has 0 unspecified atom stereocenters. The van der Waals surface area contributed by atoms with Crippen molar-refractivity contribution in [1.82, 2.24) is 0 Å². The van der Waals surface area contributed by atoms with Crippen LogP contribution in [0.1, 0.15) is 24.0 Å². The van der Waals surface area contributed by atoms with Crippen LogP contribution < -0.4 is 0 Å². The standard InChI is InChI=1S/C11H11F2N/c1-9-5-2-3-6-10(9)11(12,13)7-4-8-14/h2-3,5-6H,4,7H2,1H3. The van der Waals surface area contributed by atoms with Crippen LogP contribution in [0.3, 0.4) is 0 Å². The van der Waals surface area contributed by atoms with Gasteiger partial charge in [-0.15, -0.1) is 0 Å². The van der Waals surface area contributed by atoms with E-state index in [0.717, 1.165) is 0 Å². The SMILES string of the molecule is Cc1ccccc1C(F)(F)CCC#N. The van der Waals surface area contributed by atoms with Gasteiger partial charge in [0.15, 0.2) is 0 Å². The molecule has 1 aromatic carbocycles. The summed E-state index contributed by atoms with van der Waals surface area (Å²) in [7, 11) is 0. The van der Waals surface area contributed by atoms with E-state index in [9.17, 15) is 8.78 Å². The summed E-state index contributed by atoms with van der Waals surface area (Å²) in [6, 6.07) is 8.10. The number of benzene rings is 1. The Bertz CT molecular complexity index is 353. The smallest absolute Gasteiger partial charge is 0.201 e. The van der Waals surface area contributed by atoms with E-state index < -0.39 is 12.3 Å². The molecular formula is C11H11F2N. The minimum absolute atomic E-state index is 0.0234. The molecule has 0 N–H and O–H groups in total. The minimum Gasteiger partial charge on any atom is -0.201 e. The van der Waals surface area contributed by atoms with Crippen molar-refractivity contribution >= 4 is 0 Å². The number of hydrogen-bond donors (Lipinski definition) is 0. The third kappa shape index (κ3) is 2.29. The quantitative estimate of drug-likeness (QED) is 0.725. The third-order valence-electron chi connectivity index (χ3n) is 2.09. The highest BCUT2D eigenvalue weighted by Gasteiger charge is 2.31. The van der Waals surface area contributed by atoms with Crippen molar-refractivity contribution in [3.8, 4) is 6.07 Å². The lowest BCUT2D eigenvalue weighted by Crippen LogP contribution is -2.14. The lowest BCUT2D eigenvalue weighted by Gasteiger charge is -2.17. The summed E-state index contributed by atoms with van der Waals surface area (Å²) in [4.78, 5) is 0. The largest absolute Gasteiger partial charge is 0.274 e. The van der Waals surface area contributed by atoms with Gasteiger partial charge in [0.25, 0.3) is 5.92 Å². The molecule has 0 fully saturated rings. The molecule has 0 radical (unpaired) electrons. The van der Waals surface area contributed by atoms with E-state index in [4.69, 9.17) is 5.26 Å². The second kappa shape index (κ2) is 4.19. The van der Waals surface area contributed by atoms with Crippen molar-refractivity contribution in [1.29, 1.82) is 5.26 Å². The van der Waals surface area contributed by atoms with Crippen molar-refractivity contribution < 1.29 is 8.78 Å². The Kier molecular flexibility index (Phi) is 3.19. The first-order valence-electron chi connectivity index (χ1n) is 4.39. The van der Waals surface area contributed by atoms with Crippen molar-refractivity contribution in [2.45, 2.75) is 25.7 Å².